The van der Waals surface area contributed by atoms with Gasteiger partial charge in [-0.15, -0.1) is 0 Å². The van der Waals surface area contributed by atoms with E-state index in [1.165, 1.54) is 44.3 Å². The van der Waals surface area contributed by atoms with Gasteiger partial charge < -0.3 is 14.7 Å². The van der Waals surface area contributed by atoms with Gasteiger partial charge in [0.15, 0.2) is 0 Å². The fraction of sp³-hybridized carbons (Fsp3) is 0.808. The molecule has 0 N–H and O–H groups in total. The number of Topliss-reactive ketones (excluding diaryl/α,β-unsaturated/α-hetero) is 1. The molecule has 1 aromatic rings. The van der Waals surface area contributed by atoms with Crippen LogP contribution in [0.25, 0.3) is 0 Å². The summed E-state index contributed by atoms with van der Waals surface area (Å²) in [5.74, 6) is 2.27. The summed E-state index contributed by atoms with van der Waals surface area (Å²) in [4.78, 5) is 28.8. The number of hydrogen-bond donors (Lipinski definition) is 0. The summed E-state index contributed by atoms with van der Waals surface area (Å²) < 4.78 is 0. The first-order valence-corrected chi connectivity index (χ1v) is 12.9. The van der Waals surface area contributed by atoms with E-state index in [0.717, 1.165) is 44.3 Å². The minimum atomic E-state index is 0.367. The largest absolute Gasteiger partial charge is 0.333 e. The van der Waals surface area contributed by atoms with Crippen molar-refractivity contribution in [3.63, 3.8) is 0 Å². The fourth-order valence-corrected chi connectivity index (χ4v) is 7.19. The molecule has 3 heterocycles. The lowest BCUT2D eigenvalue weighted by molar-refractivity contribution is -0.139. The Morgan fingerprint density at radius 2 is 1.75 bits per heavy atom. The average Bonchev–Trinajstić information content (AvgIpc) is 2.71. The third kappa shape index (κ3) is 4.09. The minimum Gasteiger partial charge on any atom is -0.333 e. The van der Waals surface area contributed by atoms with Crippen LogP contribution >= 0.6 is 0 Å². The van der Waals surface area contributed by atoms with Crippen LogP contribution in [0.1, 0.15) is 77.2 Å². The Morgan fingerprint density at radius 1 is 1.09 bits per heavy atom. The first kappa shape index (κ1) is 22.3. The van der Waals surface area contributed by atoms with Gasteiger partial charge in [0.25, 0.3) is 0 Å². The summed E-state index contributed by atoms with van der Waals surface area (Å²) in [7, 11) is 2.21. The number of rotatable bonds is 5. The summed E-state index contributed by atoms with van der Waals surface area (Å²) >= 11 is 0. The van der Waals surface area contributed by atoms with Gasteiger partial charge in [-0.2, -0.15) is 0 Å². The predicted octanol–water partition coefficient (Wildman–Crippen LogP) is 3.72. The van der Waals surface area contributed by atoms with E-state index in [-0.39, 0.29) is 0 Å². The molecule has 2 aliphatic carbocycles. The maximum Gasteiger partial charge on any atom is 0.225 e. The molecule has 176 valence electrons. The molecule has 1 aromatic heterocycles. The Balaban J connectivity index is 1.13. The van der Waals surface area contributed by atoms with Gasteiger partial charge in [0.05, 0.1) is 0 Å². The van der Waals surface area contributed by atoms with Crippen LogP contribution in [0.4, 0.5) is 5.95 Å². The van der Waals surface area contributed by atoms with Crippen LogP contribution in [0, 0.1) is 11.3 Å². The second-order valence-electron chi connectivity index (χ2n) is 11.4. The molecule has 2 saturated carbocycles. The van der Waals surface area contributed by atoms with Crippen LogP contribution in [0.3, 0.4) is 0 Å². The van der Waals surface area contributed by atoms with Crippen molar-refractivity contribution in [2.45, 2.75) is 89.8 Å². The maximum atomic E-state index is 11.6. The van der Waals surface area contributed by atoms with Gasteiger partial charge in [0, 0.05) is 49.5 Å². The molecular weight excluding hydrogens is 398 g/mol. The van der Waals surface area contributed by atoms with E-state index in [0.29, 0.717) is 35.1 Å². The number of piperazine rings is 1. The second kappa shape index (κ2) is 8.68. The van der Waals surface area contributed by atoms with E-state index >= 15 is 0 Å². The van der Waals surface area contributed by atoms with Crippen molar-refractivity contribution < 1.29 is 4.79 Å². The minimum absolute atomic E-state index is 0.367. The van der Waals surface area contributed by atoms with E-state index in [4.69, 9.17) is 9.97 Å². The van der Waals surface area contributed by atoms with Crippen molar-refractivity contribution in [3.8, 4) is 0 Å². The molecule has 2 unspecified atom stereocenters. The molecule has 0 bridgehead atoms. The number of anilines is 1. The van der Waals surface area contributed by atoms with Crippen molar-refractivity contribution in [1.82, 2.24) is 19.8 Å². The van der Waals surface area contributed by atoms with Gasteiger partial charge in [0.1, 0.15) is 5.78 Å². The fourth-order valence-electron chi connectivity index (χ4n) is 7.19. The van der Waals surface area contributed by atoms with Crippen LogP contribution in [0.15, 0.2) is 12.4 Å². The molecule has 1 spiro atoms. The third-order valence-electron chi connectivity index (χ3n) is 9.12. The van der Waals surface area contributed by atoms with Crippen molar-refractivity contribution in [2.75, 3.05) is 38.1 Å². The molecule has 2 aliphatic heterocycles. The van der Waals surface area contributed by atoms with Gasteiger partial charge >= 0.3 is 0 Å². The van der Waals surface area contributed by atoms with Crippen molar-refractivity contribution in [1.29, 1.82) is 0 Å². The number of aromatic nitrogens is 2. The summed E-state index contributed by atoms with van der Waals surface area (Å²) in [5.41, 5.74) is 1.84. The highest BCUT2D eigenvalue weighted by Gasteiger charge is 2.55. The molecule has 0 radical (unpaired) electrons. The van der Waals surface area contributed by atoms with Crippen LogP contribution in [-0.4, -0.2) is 76.9 Å². The number of likely N-dealkylation sites (tertiary alicyclic amines) is 1. The smallest absolute Gasteiger partial charge is 0.225 e. The van der Waals surface area contributed by atoms with E-state index in [1.807, 2.05) is 0 Å². The quantitative estimate of drug-likeness (QED) is 0.697. The second-order valence-corrected chi connectivity index (χ2v) is 11.4. The van der Waals surface area contributed by atoms with Gasteiger partial charge in [-0.1, -0.05) is 6.92 Å². The number of hydrogen-bond acceptors (Lipinski definition) is 6. The number of piperidine rings is 1. The number of likely N-dealkylation sites (N-methyl/N-ethyl adjacent to an activating group) is 1. The zero-order valence-corrected chi connectivity index (χ0v) is 20.5. The maximum absolute atomic E-state index is 11.6. The highest BCUT2D eigenvalue weighted by atomic mass is 16.1. The molecular formula is C26H41N5O. The summed E-state index contributed by atoms with van der Waals surface area (Å²) in [6.45, 7) is 10.9. The number of nitrogens with zero attached hydrogens (tertiary/aromatic N) is 5. The van der Waals surface area contributed by atoms with Crippen LogP contribution in [0.5, 0.6) is 0 Å². The average molecular weight is 440 g/mol. The molecule has 32 heavy (non-hydrogen) atoms. The molecule has 0 amide bonds. The van der Waals surface area contributed by atoms with E-state index in [9.17, 15) is 4.79 Å². The lowest BCUT2D eigenvalue weighted by Crippen LogP contribution is -2.58. The molecule has 2 saturated heterocycles. The summed E-state index contributed by atoms with van der Waals surface area (Å²) in [6, 6.07) is 1.69. The van der Waals surface area contributed by atoms with E-state index in [2.05, 4.69) is 48.0 Å². The SMILES string of the molecule is CCC1CN(C)CC(C)N1c1ncc(C2CCN([C@H]3CC4(C[C@H](C(C)=O)C4)C3)CC2)cn1. The molecule has 6 nitrogen and oxygen atoms in total. The van der Waals surface area contributed by atoms with Crippen molar-refractivity contribution in [2.24, 2.45) is 11.3 Å². The van der Waals surface area contributed by atoms with E-state index in [1.54, 1.807) is 6.92 Å². The lowest BCUT2D eigenvalue weighted by Gasteiger charge is -2.60. The molecule has 6 heteroatoms. The highest BCUT2D eigenvalue weighted by Crippen LogP contribution is 2.60. The predicted molar refractivity (Wildman–Crippen MR) is 128 cm³/mol. The molecule has 0 aromatic carbocycles. The Bertz CT molecular complexity index is 804. The van der Waals surface area contributed by atoms with Crippen LogP contribution < -0.4 is 4.90 Å². The third-order valence-corrected chi connectivity index (χ3v) is 9.12. The van der Waals surface area contributed by atoms with Crippen molar-refractivity contribution >= 4 is 11.7 Å². The molecule has 5 rings (SSSR count). The molecule has 4 aliphatic rings. The normalized spacial score (nSPS) is 36.7. The first-order chi connectivity index (χ1) is 15.4. The molecule has 4 fully saturated rings. The van der Waals surface area contributed by atoms with Crippen molar-refractivity contribution in [3.05, 3.63) is 18.0 Å². The first-order valence-electron chi connectivity index (χ1n) is 12.9. The monoisotopic (exact) mass is 439 g/mol. The summed E-state index contributed by atoms with van der Waals surface area (Å²) in [6.07, 6.45) is 12.7. The Hall–Kier alpha value is -1.53. The number of carbonyl (C=O) groups excluding carboxylic acids is 1. The van der Waals surface area contributed by atoms with Gasteiger partial charge in [0.2, 0.25) is 5.95 Å². The zero-order valence-electron chi connectivity index (χ0n) is 20.5. The Kier molecular flexibility index (Phi) is 6.04. The van der Waals surface area contributed by atoms with Gasteiger partial charge in [-0.3, -0.25) is 4.79 Å². The van der Waals surface area contributed by atoms with E-state index < -0.39 is 0 Å². The standard InChI is InChI=1S/C26H41N5O/c1-5-23-17-29(4)16-18(2)31(23)25-27-14-22(15-28-25)20-6-8-30(9-7-20)24-12-26(13-24)10-21(11-26)19(3)32/h14-15,18,20-21,23-24H,5-13,16-17H2,1-4H3/t18?,21-,23?,24-,26?. The topological polar surface area (TPSA) is 52.6 Å². The zero-order chi connectivity index (χ0) is 22.5. The lowest BCUT2D eigenvalue weighted by atomic mass is 9.49. The summed E-state index contributed by atoms with van der Waals surface area (Å²) in [5, 5.41) is 0. The number of ketones is 1. The Morgan fingerprint density at radius 3 is 2.34 bits per heavy atom. The Labute approximate surface area is 193 Å². The molecule has 2 atom stereocenters. The highest BCUT2D eigenvalue weighted by molar-refractivity contribution is 5.79. The number of carbonyl (C=O) groups is 1. The van der Waals surface area contributed by atoms with Crippen LogP contribution in [0.2, 0.25) is 0 Å². The van der Waals surface area contributed by atoms with Gasteiger partial charge in [-0.25, -0.2) is 9.97 Å². The van der Waals surface area contributed by atoms with Crippen LogP contribution in [-0.2, 0) is 4.79 Å². The van der Waals surface area contributed by atoms with Gasteiger partial charge in [-0.05, 0) is 95.8 Å².